The highest BCUT2D eigenvalue weighted by Crippen LogP contribution is 2.55. The van der Waals surface area contributed by atoms with E-state index in [0.717, 1.165) is 31.3 Å². The minimum absolute atomic E-state index is 0.111. The molecule has 0 aliphatic heterocycles. The fraction of sp³-hybridized carbons (Fsp3) is 0.583. The summed E-state index contributed by atoms with van der Waals surface area (Å²) in [5, 5.41) is 18.8. The Hall–Kier alpha value is -1.45. The van der Waals surface area contributed by atoms with E-state index in [1.54, 1.807) is 5.57 Å². The first kappa shape index (κ1) is 20.3. The van der Waals surface area contributed by atoms with Crippen LogP contribution in [0.2, 0.25) is 0 Å². The molecule has 27 heavy (non-hydrogen) atoms. The maximum atomic E-state index is 14.0. The topological polar surface area (TPSA) is 40.5 Å². The molecule has 0 aromatic heterocycles. The zero-order valence-corrected chi connectivity index (χ0v) is 16.5. The molecule has 4 atom stereocenters. The Morgan fingerprint density at radius 1 is 1.33 bits per heavy atom. The largest absolute Gasteiger partial charge is 0.393 e. The summed E-state index contributed by atoms with van der Waals surface area (Å²) in [5.41, 5.74) is 4.63. The lowest BCUT2D eigenvalue weighted by Crippen LogP contribution is -2.30. The maximum absolute atomic E-state index is 14.0. The van der Waals surface area contributed by atoms with E-state index in [0.29, 0.717) is 17.9 Å². The van der Waals surface area contributed by atoms with Crippen LogP contribution in [-0.4, -0.2) is 29.1 Å². The zero-order chi connectivity index (χ0) is 19.4. The number of halogens is 1. The molecule has 3 aliphatic rings. The normalized spacial score (nSPS) is 37.3. The SMILES string of the molecule is C=C1C(=CC=C2CCCC3(C)C(CCC=CCO)=CCC23)CC(O)CC1F. The third-order valence-corrected chi connectivity index (χ3v) is 6.79. The first-order valence-corrected chi connectivity index (χ1v) is 10.3. The van der Waals surface area contributed by atoms with Gasteiger partial charge >= 0.3 is 0 Å². The molecule has 0 saturated heterocycles. The minimum atomic E-state index is -1.12. The molecule has 148 valence electrons. The Labute approximate surface area is 162 Å². The Kier molecular flexibility index (Phi) is 6.54. The number of hydrogen-bond acceptors (Lipinski definition) is 2. The van der Waals surface area contributed by atoms with Crippen LogP contribution in [0.1, 0.15) is 58.3 Å². The molecule has 3 heteroatoms. The second-order valence-corrected chi connectivity index (χ2v) is 8.50. The fourth-order valence-corrected chi connectivity index (χ4v) is 5.16. The molecule has 2 N–H and O–H groups in total. The standard InChI is InChI=1S/C24H33FO2/c1-17-19(15-21(27)16-23(17)25)10-9-18-7-6-13-24(2)20(11-12-22(18)24)8-4-3-5-14-26/h3,5,9-11,21-23,26-27H,1,4,6-8,12-16H2,2H3. The van der Waals surface area contributed by atoms with Gasteiger partial charge in [0.05, 0.1) is 12.7 Å². The van der Waals surface area contributed by atoms with E-state index in [9.17, 15) is 9.50 Å². The molecule has 4 unspecified atom stereocenters. The summed E-state index contributed by atoms with van der Waals surface area (Å²) in [5.74, 6) is 0.530. The lowest BCUT2D eigenvalue weighted by atomic mass is 9.63. The van der Waals surface area contributed by atoms with Crippen LogP contribution in [-0.2, 0) is 0 Å². The third-order valence-electron chi connectivity index (χ3n) is 6.79. The molecule has 2 saturated carbocycles. The van der Waals surface area contributed by atoms with Gasteiger partial charge in [-0.15, -0.1) is 0 Å². The highest BCUT2D eigenvalue weighted by Gasteiger charge is 2.44. The number of aliphatic hydroxyl groups excluding tert-OH is 2. The molecular formula is C24H33FO2. The van der Waals surface area contributed by atoms with Crippen molar-refractivity contribution < 1.29 is 14.6 Å². The van der Waals surface area contributed by atoms with Crippen molar-refractivity contribution in [2.24, 2.45) is 11.3 Å². The van der Waals surface area contributed by atoms with E-state index in [1.807, 2.05) is 12.2 Å². The summed E-state index contributed by atoms with van der Waals surface area (Å²) in [7, 11) is 0. The Balaban J connectivity index is 1.73. The van der Waals surface area contributed by atoms with Gasteiger partial charge in [-0.05, 0) is 67.4 Å². The van der Waals surface area contributed by atoms with Gasteiger partial charge in [0.2, 0.25) is 0 Å². The second kappa shape index (κ2) is 8.70. The summed E-state index contributed by atoms with van der Waals surface area (Å²) in [6.45, 7) is 6.41. The molecule has 0 heterocycles. The number of aliphatic hydroxyl groups is 2. The van der Waals surface area contributed by atoms with Gasteiger partial charge in [0.1, 0.15) is 6.17 Å². The van der Waals surface area contributed by atoms with Crippen LogP contribution < -0.4 is 0 Å². The van der Waals surface area contributed by atoms with Crippen molar-refractivity contribution in [3.8, 4) is 0 Å². The van der Waals surface area contributed by atoms with Gasteiger partial charge in [-0.2, -0.15) is 0 Å². The van der Waals surface area contributed by atoms with Crippen LogP contribution in [0.15, 0.2) is 59.3 Å². The van der Waals surface area contributed by atoms with Crippen LogP contribution in [0.25, 0.3) is 0 Å². The van der Waals surface area contributed by atoms with Crippen molar-refractivity contribution in [3.63, 3.8) is 0 Å². The molecular weight excluding hydrogens is 339 g/mol. The number of alkyl halides is 1. The molecule has 2 fully saturated rings. The van der Waals surface area contributed by atoms with E-state index < -0.39 is 12.3 Å². The highest BCUT2D eigenvalue weighted by atomic mass is 19.1. The van der Waals surface area contributed by atoms with Gasteiger partial charge in [-0.3, -0.25) is 0 Å². The Morgan fingerprint density at radius 3 is 2.93 bits per heavy atom. The summed E-state index contributed by atoms with van der Waals surface area (Å²) in [4.78, 5) is 0. The minimum Gasteiger partial charge on any atom is -0.393 e. The van der Waals surface area contributed by atoms with Crippen molar-refractivity contribution in [1.82, 2.24) is 0 Å². The van der Waals surface area contributed by atoms with Gasteiger partial charge < -0.3 is 10.2 Å². The van der Waals surface area contributed by atoms with Gasteiger partial charge in [0.25, 0.3) is 0 Å². The van der Waals surface area contributed by atoms with Crippen molar-refractivity contribution in [1.29, 1.82) is 0 Å². The number of fused-ring (bicyclic) bond motifs is 1. The molecule has 0 radical (unpaired) electrons. The van der Waals surface area contributed by atoms with Crippen LogP contribution in [0.5, 0.6) is 0 Å². The van der Waals surface area contributed by atoms with E-state index in [4.69, 9.17) is 5.11 Å². The van der Waals surface area contributed by atoms with Gasteiger partial charge in [0.15, 0.2) is 0 Å². The zero-order valence-electron chi connectivity index (χ0n) is 16.5. The summed E-state index contributed by atoms with van der Waals surface area (Å²) >= 11 is 0. The van der Waals surface area contributed by atoms with Crippen molar-refractivity contribution in [2.75, 3.05) is 6.61 Å². The number of allylic oxidation sites excluding steroid dienone is 7. The molecule has 3 aliphatic carbocycles. The number of hydrogen-bond donors (Lipinski definition) is 2. The molecule has 0 aromatic rings. The maximum Gasteiger partial charge on any atom is 0.127 e. The average molecular weight is 373 g/mol. The summed E-state index contributed by atoms with van der Waals surface area (Å²) in [6.07, 6.45) is 16.1. The molecule has 2 nitrogen and oxygen atoms in total. The van der Waals surface area contributed by atoms with Crippen LogP contribution in [0.4, 0.5) is 4.39 Å². The molecule has 0 aromatic carbocycles. The highest BCUT2D eigenvalue weighted by molar-refractivity contribution is 5.40. The predicted molar refractivity (Wildman–Crippen MR) is 109 cm³/mol. The lowest BCUT2D eigenvalue weighted by molar-refractivity contribution is 0.124. The van der Waals surface area contributed by atoms with Crippen molar-refractivity contribution in [3.05, 3.63) is 59.3 Å². The van der Waals surface area contributed by atoms with Crippen LogP contribution in [0.3, 0.4) is 0 Å². The first-order valence-electron chi connectivity index (χ1n) is 10.3. The van der Waals surface area contributed by atoms with Gasteiger partial charge in [0, 0.05) is 6.42 Å². The smallest absolute Gasteiger partial charge is 0.127 e. The third kappa shape index (κ3) is 4.35. The van der Waals surface area contributed by atoms with Gasteiger partial charge in [-0.25, -0.2) is 4.39 Å². The van der Waals surface area contributed by atoms with E-state index >= 15 is 0 Å². The summed E-state index contributed by atoms with van der Waals surface area (Å²) in [6, 6.07) is 0. The Bertz CT molecular complexity index is 684. The van der Waals surface area contributed by atoms with E-state index in [-0.39, 0.29) is 18.4 Å². The molecule has 0 spiro atoms. The first-order chi connectivity index (χ1) is 13.0. The van der Waals surface area contributed by atoms with Crippen LogP contribution >= 0.6 is 0 Å². The van der Waals surface area contributed by atoms with E-state index in [1.165, 1.54) is 18.4 Å². The van der Waals surface area contributed by atoms with Crippen molar-refractivity contribution >= 4 is 0 Å². The summed E-state index contributed by atoms with van der Waals surface area (Å²) < 4.78 is 14.0. The fourth-order valence-electron chi connectivity index (χ4n) is 5.16. The Morgan fingerprint density at radius 2 is 2.15 bits per heavy atom. The van der Waals surface area contributed by atoms with Crippen molar-refractivity contribution in [2.45, 2.75) is 70.6 Å². The second-order valence-electron chi connectivity index (χ2n) is 8.50. The molecule has 0 amide bonds. The van der Waals surface area contributed by atoms with Gasteiger partial charge in [-0.1, -0.05) is 55.0 Å². The molecule has 0 bridgehead atoms. The number of rotatable bonds is 5. The quantitative estimate of drug-likeness (QED) is 0.638. The van der Waals surface area contributed by atoms with E-state index in [2.05, 4.69) is 31.7 Å². The molecule has 3 rings (SSSR count). The van der Waals surface area contributed by atoms with Crippen LogP contribution in [0, 0.1) is 11.3 Å². The lowest BCUT2D eigenvalue weighted by Gasteiger charge is -2.41. The monoisotopic (exact) mass is 372 g/mol. The predicted octanol–water partition coefficient (Wildman–Crippen LogP) is 5.35. The average Bonchev–Trinajstić information content (AvgIpc) is 2.97.